The summed E-state index contributed by atoms with van der Waals surface area (Å²) in [5.74, 6) is -0.355. The number of carboxylic acids is 1. The van der Waals surface area contributed by atoms with E-state index in [2.05, 4.69) is 0 Å². The number of benzene rings is 2. The van der Waals surface area contributed by atoms with Crippen molar-refractivity contribution >= 4 is 5.97 Å². The second kappa shape index (κ2) is 6.41. The van der Waals surface area contributed by atoms with Crippen LogP contribution in [0.15, 0.2) is 48.5 Å². The largest absolute Gasteiger partial charge is 0.484 e. The summed E-state index contributed by atoms with van der Waals surface area (Å²) in [6, 6.07) is 14.2. The molecule has 2 atom stereocenters. The van der Waals surface area contributed by atoms with Crippen LogP contribution in [0.25, 0.3) is 0 Å². The van der Waals surface area contributed by atoms with E-state index in [0.29, 0.717) is 5.75 Å². The van der Waals surface area contributed by atoms with Crippen molar-refractivity contribution in [1.82, 2.24) is 0 Å². The molecule has 0 heterocycles. The molecule has 4 nitrogen and oxygen atoms in total. The fourth-order valence-electron chi connectivity index (χ4n) is 2.06. The van der Waals surface area contributed by atoms with Crippen LogP contribution in [0.5, 0.6) is 5.75 Å². The number of carboxylic acid groups (broad SMARTS) is 1. The minimum absolute atomic E-state index is 0.188. The smallest absolute Gasteiger partial charge is 0.335 e. The minimum atomic E-state index is -0.955. The summed E-state index contributed by atoms with van der Waals surface area (Å²) in [6.45, 7) is 3.91. The number of carbonyl (C=O) groups is 1. The highest BCUT2D eigenvalue weighted by molar-refractivity contribution is 5.87. The van der Waals surface area contributed by atoms with E-state index in [4.69, 9.17) is 15.6 Å². The predicted molar refractivity (Wildman–Crippen MR) is 81.6 cm³/mol. The van der Waals surface area contributed by atoms with Crippen LogP contribution in [0.3, 0.4) is 0 Å². The molecule has 0 fully saturated rings. The first-order valence-electron chi connectivity index (χ1n) is 6.79. The van der Waals surface area contributed by atoms with Gasteiger partial charge in [-0.25, -0.2) is 4.79 Å². The van der Waals surface area contributed by atoms with Gasteiger partial charge in [0, 0.05) is 6.04 Å². The fraction of sp³-hybridized carbons (Fsp3) is 0.235. The van der Waals surface area contributed by atoms with Crippen molar-refractivity contribution in [2.24, 2.45) is 5.73 Å². The van der Waals surface area contributed by atoms with Gasteiger partial charge in [0.2, 0.25) is 0 Å². The third kappa shape index (κ3) is 3.83. The predicted octanol–water partition coefficient (Wildman–Crippen LogP) is 3.16. The average molecular weight is 285 g/mol. The Morgan fingerprint density at radius 2 is 1.67 bits per heavy atom. The van der Waals surface area contributed by atoms with Crippen LogP contribution in [0.4, 0.5) is 0 Å². The molecule has 3 N–H and O–H groups in total. The lowest BCUT2D eigenvalue weighted by molar-refractivity contribution is 0.0697. The molecule has 110 valence electrons. The number of nitrogens with two attached hydrogens (primary N) is 1. The van der Waals surface area contributed by atoms with Gasteiger partial charge in [0.05, 0.1) is 5.56 Å². The first kappa shape index (κ1) is 15.1. The summed E-state index contributed by atoms with van der Waals surface area (Å²) in [5, 5.41) is 8.89. The van der Waals surface area contributed by atoms with E-state index in [1.165, 1.54) is 17.7 Å². The van der Waals surface area contributed by atoms with Crippen molar-refractivity contribution in [2.45, 2.75) is 26.0 Å². The molecular formula is C17H19NO3. The Morgan fingerprint density at radius 1 is 1.10 bits per heavy atom. The quantitative estimate of drug-likeness (QED) is 0.885. The van der Waals surface area contributed by atoms with Gasteiger partial charge in [0.15, 0.2) is 0 Å². The molecule has 0 spiro atoms. The van der Waals surface area contributed by atoms with Crippen LogP contribution in [0, 0.1) is 6.92 Å². The number of rotatable bonds is 5. The van der Waals surface area contributed by atoms with E-state index in [1.54, 1.807) is 12.1 Å². The van der Waals surface area contributed by atoms with Crippen LogP contribution < -0.4 is 10.5 Å². The third-order valence-electron chi connectivity index (χ3n) is 3.25. The number of ether oxygens (including phenoxy) is 1. The van der Waals surface area contributed by atoms with Gasteiger partial charge >= 0.3 is 5.97 Å². The molecule has 2 aromatic rings. The van der Waals surface area contributed by atoms with Gasteiger partial charge in [0.25, 0.3) is 0 Å². The Labute approximate surface area is 124 Å². The van der Waals surface area contributed by atoms with E-state index in [1.807, 2.05) is 38.1 Å². The molecule has 2 unspecified atom stereocenters. The van der Waals surface area contributed by atoms with Crippen LogP contribution in [0.2, 0.25) is 0 Å². The minimum Gasteiger partial charge on any atom is -0.484 e. The molecule has 0 aliphatic carbocycles. The van der Waals surface area contributed by atoms with Crippen molar-refractivity contribution < 1.29 is 14.6 Å². The zero-order chi connectivity index (χ0) is 15.4. The Bertz CT molecular complexity index is 603. The van der Waals surface area contributed by atoms with Gasteiger partial charge < -0.3 is 15.6 Å². The molecule has 0 amide bonds. The molecule has 21 heavy (non-hydrogen) atoms. The van der Waals surface area contributed by atoms with Crippen molar-refractivity contribution in [1.29, 1.82) is 0 Å². The van der Waals surface area contributed by atoms with Crippen LogP contribution >= 0.6 is 0 Å². The highest BCUT2D eigenvalue weighted by Crippen LogP contribution is 2.25. The second-order valence-electron chi connectivity index (χ2n) is 5.14. The lowest BCUT2D eigenvalue weighted by Crippen LogP contribution is -2.29. The molecule has 0 saturated heterocycles. The van der Waals surface area contributed by atoms with Gasteiger partial charge in [-0.2, -0.15) is 0 Å². The zero-order valence-corrected chi connectivity index (χ0v) is 12.1. The summed E-state index contributed by atoms with van der Waals surface area (Å²) in [4.78, 5) is 10.8. The Morgan fingerprint density at radius 3 is 2.14 bits per heavy atom. The maximum Gasteiger partial charge on any atom is 0.335 e. The van der Waals surface area contributed by atoms with E-state index < -0.39 is 5.97 Å². The molecule has 0 bridgehead atoms. The van der Waals surface area contributed by atoms with Crippen molar-refractivity contribution in [3.05, 3.63) is 65.2 Å². The van der Waals surface area contributed by atoms with Gasteiger partial charge in [0.1, 0.15) is 11.9 Å². The number of aryl methyl sites for hydroxylation is 1. The zero-order valence-electron chi connectivity index (χ0n) is 12.1. The molecule has 0 aromatic heterocycles. The van der Waals surface area contributed by atoms with Crippen molar-refractivity contribution in [3.63, 3.8) is 0 Å². The SMILES string of the molecule is Cc1ccc(C(Oc2ccc(C(=O)O)cc2)C(C)N)cc1. The molecule has 0 aliphatic heterocycles. The number of hydrogen-bond donors (Lipinski definition) is 2. The molecule has 0 aliphatic rings. The lowest BCUT2D eigenvalue weighted by Gasteiger charge is -2.23. The number of aromatic carboxylic acids is 1. The van der Waals surface area contributed by atoms with Crippen molar-refractivity contribution in [3.8, 4) is 5.75 Å². The highest BCUT2D eigenvalue weighted by atomic mass is 16.5. The lowest BCUT2D eigenvalue weighted by atomic mass is 10.0. The summed E-state index contributed by atoms with van der Waals surface area (Å²) in [5.41, 5.74) is 8.42. The van der Waals surface area contributed by atoms with Crippen molar-refractivity contribution in [2.75, 3.05) is 0 Å². The third-order valence-corrected chi connectivity index (χ3v) is 3.25. The van der Waals surface area contributed by atoms with Gasteiger partial charge in [-0.3, -0.25) is 0 Å². The number of hydrogen-bond acceptors (Lipinski definition) is 3. The molecule has 0 saturated carbocycles. The first-order chi connectivity index (χ1) is 9.97. The first-order valence-corrected chi connectivity index (χ1v) is 6.79. The Kier molecular flexibility index (Phi) is 4.60. The summed E-state index contributed by atoms with van der Waals surface area (Å²) in [7, 11) is 0. The monoisotopic (exact) mass is 285 g/mol. The van der Waals surface area contributed by atoms with Gasteiger partial charge in [-0.1, -0.05) is 29.8 Å². The summed E-state index contributed by atoms with van der Waals surface area (Å²) >= 11 is 0. The fourth-order valence-corrected chi connectivity index (χ4v) is 2.06. The maximum atomic E-state index is 10.8. The van der Waals surface area contributed by atoms with E-state index in [9.17, 15) is 4.79 Å². The van der Waals surface area contributed by atoms with E-state index >= 15 is 0 Å². The standard InChI is InChI=1S/C17H19NO3/c1-11-3-5-13(6-4-11)16(12(2)18)21-15-9-7-14(8-10-15)17(19)20/h3-10,12,16H,18H2,1-2H3,(H,19,20). The van der Waals surface area contributed by atoms with Crippen LogP contribution in [0.1, 0.15) is 34.5 Å². The second-order valence-corrected chi connectivity index (χ2v) is 5.14. The summed E-state index contributed by atoms with van der Waals surface area (Å²) in [6.07, 6.45) is -0.277. The normalized spacial score (nSPS) is 13.5. The molecule has 4 heteroatoms. The molecule has 2 aromatic carbocycles. The Balaban J connectivity index is 2.20. The maximum absolute atomic E-state index is 10.8. The van der Waals surface area contributed by atoms with Gasteiger partial charge in [-0.15, -0.1) is 0 Å². The highest BCUT2D eigenvalue weighted by Gasteiger charge is 2.18. The molecule has 0 radical (unpaired) electrons. The molecular weight excluding hydrogens is 266 g/mol. The topological polar surface area (TPSA) is 72.5 Å². The van der Waals surface area contributed by atoms with Crippen LogP contribution in [-0.4, -0.2) is 17.1 Å². The van der Waals surface area contributed by atoms with E-state index in [0.717, 1.165) is 5.56 Å². The average Bonchev–Trinajstić information content (AvgIpc) is 2.46. The molecule has 2 rings (SSSR count). The van der Waals surface area contributed by atoms with Gasteiger partial charge in [-0.05, 0) is 43.7 Å². The van der Waals surface area contributed by atoms with E-state index in [-0.39, 0.29) is 17.7 Å². The van der Waals surface area contributed by atoms with Crippen LogP contribution in [-0.2, 0) is 0 Å². The Hall–Kier alpha value is -2.33. The summed E-state index contributed by atoms with van der Waals surface area (Å²) < 4.78 is 5.92.